The van der Waals surface area contributed by atoms with Gasteiger partial charge in [0.2, 0.25) is 0 Å². The first-order chi connectivity index (χ1) is 3.68. The summed E-state index contributed by atoms with van der Waals surface area (Å²) >= 11 is 3.31. The van der Waals surface area contributed by atoms with Crippen molar-refractivity contribution in [3.05, 3.63) is 0 Å². The van der Waals surface area contributed by atoms with Gasteiger partial charge in [0.05, 0.1) is 4.32 Å². The van der Waals surface area contributed by atoms with E-state index in [1.54, 1.807) is 0 Å². The Morgan fingerprint density at radius 1 is 1.50 bits per heavy atom. The summed E-state index contributed by atoms with van der Waals surface area (Å²) in [5.41, 5.74) is 0. The molecule has 0 aromatic heterocycles. The Bertz CT molecular complexity index is 76.6. The van der Waals surface area contributed by atoms with Gasteiger partial charge in [-0.25, -0.2) is 0 Å². The third-order valence-corrected chi connectivity index (χ3v) is 2.70. The van der Waals surface area contributed by atoms with Crippen LogP contribution in [0.25, 0.3) is 0 Å². The summed E-state index contributed by atoms with van der Waals surface area (Å²) in [6, 6.07) is 0. The molecule has 0 bridgehead atoms. The van der Waals surface area contributed by atoms with Crippen molar-refractivity contribution in [1.29, 1.82) is 0 Å². The van der Waals surface area contributed by atoms with Gasteiger partial charge in [0.25, 0.3) is 0 Å². The molecule has 1 nitrogen and oxygen atoms in total. The van der Waals surface area contributed by atoms with Crippen LogP contribution in [0, 0.1) is 0 Å². The minimum atomic E-state index is -0.243. The number of hydrogen-bond donors (Lipinski definition) is 0. The molecule has 0 amide bonds. The summed E-state index contributed by atoms with van der Waals surface area (Å²) in [6.07, 6.45) is 2.70. The Kier molecular flexibility index (Phi) is 3.29. The highest BCUT2D eigenvalue weighted by Crippen LogP contribution is 2.22. The maximum absolute atomic E-state index is 10.2. The summed E-state index contributed by atoms with van der Waals surface area (Å²) in [7, 11) is 0. The van der Waals surface area contributed by atoms with Gasteiger partial charge in [-0.1, -0.05) is 29.8 Å². The lowest BCUT2D eigenvalue weighted by Gasteiger charge is -2.14. The predicted octanol–water partition coefficient (Wildman–Crippen LogP) is 2.14. The number of halogens is 1. The Labute approximate surface area is 58.6 Å². The van der Waals surface area contributed by atoms with Crippen LogP contribution in [-0.4, -0.2) is 10.6 Å². The van der Waals surface area contributed by atoms with Crippen LogP contribution in [0.3, 0.4) is 0 Å². The van der Waals surface area contributed by atoms with Gasteiger partial charge < -0.3 is 4.79 Å². The summed E-state index contributed by atoms with van der Waals surface area (Å²) in [5, 5.41) is 0. The van der Waals surface area contributed by atoms with Crippen molar-refractivity contribution in [3.8, 4) is 0 Å². The van der Waals surface area contributed by atoms with Gasteiger partial charge in [-0.2, -0.15) is 0 Å². The molecule has 0 N–H and O–H groups in total. The van der Waals surface area contributed by atoms with Crippen molar-refractivity contribution in [2.75, 3.05) is 0 Å². The van der Waals surface area contributed by atoms with E-state index in [2.05, 4.69) is 15.9 Å². The lowest BCUT2D eigenvalue weighted by Crippen LogP contribution is -2.19. The predicted molar refractivity (Wildman–Crippen MR) is 38.3 cm³/mol. The molecular weight excluding hydrogens is 168 g/mol. The van der Waals surface area contributed by atoms with Gasteiger partial charge in [-0.15, -0.1) is 0 Å². The lowest BCUT2D eigenvalue weighted by molar-refractivity contribution is -0.109. The summed E-state index contributed by atoms with van der Waals surface area (Å²) in [5.74, 6) is 0. The highest BCUT2D eigenvalue weighted by Gasteiger charge is 2.19. The molecule has 0 fully saturated rings. The van der Waals surface area contributed by atoms with E-state index in [0.717, 1.165) is 19.1 Å². The number of carbonyl (C=O) groups excluding carboxylic acids is 1. The van der Waals surface area contributed by atoms with Crippen molar-refractivity contribution in [2.24, 2.45) is 0 Å². The molecule has 0 aromatic carbocycles. The fraction of sp³-hybridized carbons (Fsp3) is 0.833. The quantitative estimate of drug-likeness (QED) is 0.479. The molecule has 0 aliphatic heterocycles. The maximum Gasteiger partial charge on any atom is 0.136 e. The largest absolute Gasteiger partial charge is 0.302 e. The van der Waals surface area contributed by atoms with Crippen LogP contribution in [-0.2, 0) is 4.79 Å². The van der Waals surface area contributed by atoms with Gasteiger partial charge in [0.15, 0.2) is 0 Å². The zero-order valence-electron chi connectivity index (χ0n) is 5.28. The summed E-state index contributed by atoms with van der Waals surface area (Å²) in [4.78, 5) is 10.2. The average molecular weight is 179 g/mol. The second-order valence-electron chi connectivity index (χ2n) is 1.86. The molecule has 0 spiro atoms. The van der Waals surface area contributed by atoms with Crippen LogP contribution in [0.2, 0.25) is 0 Å². The van der Waals surface area contributed by atoms with E-state index >= 15 is 0 Å². The van der Waals surface area contributed by atoms with Gasteiger partial charge in [0, 0.05) is 0 Å². The third-order valence-electron chi connectivity index (χ3n) is 1.39. The van der Waals surface area contributed by atoms with Crippen LogP contribution in [0.1, 0.15) is 26.7 Å². The van der Waals surface area contributed by atoms with Crippen molar-refractivity contribution in [1.82, 2.24) is 0 Å². The summed E-state index contributed by atoms with van der Waals surface area (Å²) < 4.78 is -0.243. The molecule has 0 unspecified atom stereocenters. The minimum absolute atomic E-state index is 0.243. The Morgan fingerprint density at radius 3 is 1.88 bits per heavy atom. The van der Waals surface area contributed by atoms with Crippen molar-refractivity contribution >= 4 is 22.2 Å². The van der Waals surface area contributed by atoms with E-state index in [9.17, 15) is 4.79 Å². The number of alkyl halides is 1. The molecule has 0 heterocycles. The fourth-order valence-electron chi connectivity index (χ4n) is 0.417. The minimum Gasteiger partial charge on any atom is -0.302 e. The molecule has 2 heteroatoms. The third kappa shape index (κ3) is 1.95. The topological polar surface area (TPSA) is 17.1 Å². The first kappa shape index (κ1) is 8.15. The zero-order chi connectivity index (χ0) is 6.62. The molecule has 0 radical (unpaired) electrons. The zero-order valence-corrected chi connectivity index (χ0v) is 6.86. The molecule has 0 aliphatic carbocycles. The van der Waals surface area contributed by atoms with Crippen molar-refractivity contribution in [3.63, 3.8) is 0 Å². The number of rotatable bonds is 3. The molecular formula is C6H11BrO. The molecule has 8 heavy (non-hydrogen) atoms. The number of hydrogen-bond acceptors (Lipinski definition) is 1. The Balaban J connectivity index is 3.76. The molecule has 0 saturated carbocycles. The van der Waals surface area contributed by atoms with E-state index in [-0.39, 0.29) is 4.32 Å². The monoisotopic (exact) mass is 178 g/mol. The first-order valence-electron chi connectivity index (χ1n) is 2.83. The highest BCUT2D eigenvalue weighted by atomic mass is 79.9. The van der Waals surface area contributed by atoms with E-state index < -0.39 is 0 Å². The van der Waals surface area contributed by atoms with Crippen molar-refractivity contribution < 1.29 is 4.79 Å². The second-order valence-corrected chi connectivity index (χ2v) is 3.44. The molecule has 0 rings (SSSR count). The SMILES string of the molecule is CCC(Br)(C=O)CC. The summed E-state index contributed by atoms with van der Waals surface area (Å²) in [6.45, 7) is 3.99. The van der Waals surface area contributed by atoms with Crippen molar-refractivity contribution in [2.45, 2.75) is 31.0 Å². The first-order valence-corrected chi connectivity index (χ1v) is 3.63. The smallest absolute Gasteiger partial charge is 0.136 e. The van der Waals surface area contributed by atoms with Crippen LogP contribution in [0.5, 0.6) is 0 Å². The molecule has 0 atom stereocenters. The van der Waals surface area contributed by atoms with Crippen LogP contribution in [0.15, 0.2) is 0 Å². The molecule has 48 valence electrons. The molecule has 0 saturated heterocycles. The van der Waals surface area contributed by atoms with Gasteiger partial charge in [-0.05, 0) is 12.8 Å². The number of carbonyl (C=O) groups is 1. The lowest BCUT2D eigenvalue weighted by atomic mass is 10.1. The van der Waals surface area contributed by atoms with Gasteiger partial charge >= 0.3 is 0 Å². The van der Waals surface area contributed by atoms with Crippen LogP contribution >= 0.6 is 15.9 Å². The van der Waals surface area contributed by atoms with Gasteiger partial charge in [0.1, 0.15) is 6.29 Å². The Morgan fingerprint density at radius 2 is 1.88 bits per heavy atom. The van der Waals surface area contributed by atoms with Crippen LogP contribution in [0.4, 0.5) is 0 Å². The normalized spacial score (nSPS) is 11.4. The van der Waals surface area contributed by atoms with E-state index in [4.69, 9.17) is 0 Å². The average Bonchev–Trinajstić information content (AvgIpc) is 1.87. The second kappa shape index (κ2) is 3.23. The van der Waals surface area contributed by atoms with E-state index in [0.29, 0.717) is 0 Å². The molecule has 0 aromatic rings. The van der Waals surface area contributed by atoms with Crippen LogP contribution < -0.4 is 0 Å². The number of aldehydes is 1. The fourth-order valence-corrected chi connectivity index (χ4v) is 0.417. The van der Waals surface area contributed by atoms with E-state index in [1.807, 2.05) is 13.8 Å². The molecule has 0 aliphatic rings. The standard InChI is InChI=1S/C6H11BrO/c1-3-6(7,4-2)5-8/h5H,3-4H2,1-2H3. The van der Waals surface area contributed by atoms with Gasteiger partial charge in [-0.3, -0.25) is 0 Å². The maximum atomic E-state index is 10.2. The van der Waals surface area contributed by atoms with E-state index in [1.165, 1.54) is 0 Å². The highest BCUT2D eigenvalue weighted by molar-refractivity contribution is 9.10. The Hall–Kier alpha value is 0.150.